The second kappa shape index (κ2) is 8.50. The zero-order valence-electron chi connectivity index (χ0n) is 9.87. The average Bonchev–Trinajstić information content (AvgIpc) is 2.30. The van der Waals surface area contributed by atoms with Crippen molar-refractivity contribution in [2.24, 2.45) is 0 Å². The molecule has 5 heteroatoms. The molecule has 0 saturated carbocycles. The molecular weight excluding hydrogens is 210 g/mol. The SMILES string of the molecule is CCOC(=O)COCCNC1CCCOC1. The third kappa shape index (κ3) is 6.05. The summed E-state index contributed by atoms with van der Waals surface area (Å²) < 4.78 is 15.2. The van der Waals surface area contributed by atoms with Gasteiger partial charge in [-0.3, -0.25) is 0 Å². The normalized spacial score (nSPS) is 20.7. The Morgan fingerprint density at radius 1 is 1.56 bits per heavy atom. The van der Waals surface area contributed by atoms with Gasteiger partial charge in [-0.1, -0.05) is 0 Å². The van der Waals surface area contributed by atoms with Gasteiger partial charge in [0.2, 0.25) is 0 Å². The molecule has 1 aliphatic heterocycles. The van der Waals surface area contributed by atoms with Gasteiger partial charge in [0, 0.05) is 19.2 Å². The van der Waals surface area contributed by atoms with Crippen LogP contribution >= 0.6 is 0 Å². The summed E-state index contributed by atoms with van der Waals surface area (Å²) in [5, 5.41) is 3.33. The average molecular weight is 231 g/mol. The first-order valence-electron chi connectivity index (χ1n) is 5.87. The van der Waals surface area contributed by atoms with Crippen LogP contribution in [0.2, 0.25) is 0 Å². The molecule has 0 spiro atoms. The van der Waals surface area contributed by atoms with Crippen molar-refractivity contribution in [1.29, 1.82) is 0 Å². The lowest BCUT2D eigenvalue weighted by Crippen LogP contribution is -2.38. The molecule has 1 aliphatic rings. The Labute approximate surface area is 96.4 Å². The number of nitrogens with one attached hydrogen (secondary N) is 1. The molecule has 5 nitrogen and oxygen atoms in total. The van der Waals surface area contributed by atoms with Crippen molar-refractivity contribution < 1.29 is 19.0 Å². The van der Waals surface area contributed by atoms with Crippen molar-refractivity contribution in [1.82, 2.24) is 5.32 Å². The van der Waals surface area contributed by atoms with Crippen molar-refractivity contribution in [2.75, 3.05) is 39.6 Å². The Kier molecular flexibility index (Phi) is 7.12. The lowest BCUT2D eigenvalue weighted by atomic mass is 10.1. The summed E-state index contributed by atoms with van der Waals surface area (Å²) in [7, 11) is 0. The summed E-state index contributed by atoms with van der Waals surface area (Å²) in [6.07, 6.45) is 2.26. The van der Waals surface area contributed by atoms with Crippen molar-refractivity contribution in [3.05, 3.63) is 0 Å². The smallest absolute Gasteiger partial charge is 0.332 e. The van der Waals surface area contributed by atoms with E-state index in [1.165, 1.54) is 0 Å². The van der Waals surface area contributed by atoms with Crippen LogP contribution in [0.3, 0.4) is 0 Å². The van der Waals surface area contributed by atoms with E-state index in [9.17, 15) is 4.79 Å². The molecule has 1 heterocycles. The fraction of sp³-hybridized carbons (Fsp3) is 0.909. The molecule has 1 atom stereocenters. The number of rotatable bonds is 7. The molecule has 94 valence electrons. The van der Waals surface area contributed by atoms with Crippen LogP contribution in [-0.2, 0) is 19.0 Å². The lowest BCUT2D eigenvalue weighted by Gasteiger charge is -2.23. The highest BCUT2D eigenvalue weighted by atomic mass is 16.6. The van der Waals surface area contributed by atoms with E-state index in [2.05, 4.69) is 5.32 Å². The maximum absolute atomic E-state index is 10.9. The fourth-order valence-electron chi connectivity index (χ4n) is 1.60. The van der Waals surface area contributed by atoms with Crippen LogP contribution < -0.4 is 5.32 Å². The first-order chi connectivity index (χ1) is 7.83. The van der Waals surface area contributed by atoms with Gasteiger partial charge in [0.15, 0.2) is 0 Å². The molecule has 0 aromatic carbocycles. The lowest BCUT2D eigenvalue weighted by molar-refractivity contribution is -0.148. The van der Waals surface area contributed by atoms with Crippen LogP contribution in [0.25, 0.3) is 0 Å². The van der Waals surface area contributed by atoms with Crippen LogP contribution in [0.15, 0.2) is 0 Å². The number of carbonyl (C=O) groups excluding carboxylic acids is 1. The van der Waals surface area contributed by atoms with Crippen molar-refractivity contribution >= 4 is 5.97 Å². The number of hydrogen-bond donors (Lipinski definition) is 1. The van der Waals surface area contributed by atoms with E-state index >= 15 is 0 Å². The summed E-state index contributed by atoms with van der Waals surface area (Å²) in [6, 6.07) is 0.431. The molecule has 16 heavy (non-hydrogen) atoms. The summed E-state index contributed by atoms with van der Waals surface area (Å²) in [5.74, 6) is -0.302. The van der Waals surface area contributed by atoms with E-state index in [1.807, 2.05) is 0 Å². The number of hydrogen-bond acceptors (Lipinski definition) is 5. The quantitative estimate of drug-likeness (QED) is 0.505. The highest BCUT2D eigenvalue weighted by Crippen LogP contribution is 2.04. The monoisotopic (exact) mass is 231 g/mol. The van der Waals surface area contributed by atoms with Crippen LogP contribution in [0.1, 0.15) is 19.8 Å². The Hall–Kier alpha value is -0.650. The standard InChI is InChI=1S/C11H21NO4/c1-2-16-11(13)9-15-7-5-12-10-4-3-6-14-8-10/h10,12H,2-9H2,1H3. The first kappa shape index (κ1) is 13.4. The third-order valence-corrected chi connectivity index (χ3v) is 2.36. The summed E-state index contributed by atoms with van der Waals surface area (Å²) in [5.41, 5.74) is 0. The minimum absolute atomic E-state index is 0.0384. The van der Waals surface area contributed by atoms with Gasteiger partial charge < -0.3 is 19.5 Å². The third-order valence-electron chi connectivity index (χ3n) is 2.36. The molecule has 1 rings (SSSR count). The molecule has 0 aromatic rings. The summed E-state index contributed by atoms with van der Waals surface area (Å²) in [6.45, 7) is 5.14. The van der Waals surface area contributed by atoms with Gasteiger partial charge in [0.25, 0.3) is 0 Å². The van der Waals surface area contributed by atoms with Crippen molar-refractivity contribution in [3.63, 3.8) is 0 Å². The van der Waals surface area contributed by atoms with E-state index in [-0.39, 0.29) is 12.6 Å². The Bertz CT molecular complexity index is 192. The largest absolute Gasteiger partial charge is 0.464 e. The Balaban J connectivity index is 1.89. The van der Waals surface area contributed by atoms with Crippen molar-refractivity contribution in [3.8, 4) is 0 Å². The van der Waals surface area contributed by atoms with Crippen LogP contribution in [0.5, 0.6) is 0 Å². The molecule has 1 unspecified atom stereocenters. The van der Waals surface area contributed by atoms with E-state index in [4.69, 9.17) is 14.2 Å². The maximum atomic E-state index is 10.9. The zero-order chi connectivity index (χ0) is 11.6. The maximum Gasteiger partial charge on any atom is 0.332 e. The van der Waals surface area contributed by atoms with E-state index in [1.54, 1.807) is 6.92 Å². The molecular formula is C11H21NO4. The topological polar surface area (TPSA) is 56.8 Å². The first-order valence-corrected chi connectivity index (χ1v) is 5.87. The highest BCUT2D eigenvalue weighted by molar-refractivity contribution is 5.70. The molecule has 1 fully saturated rings. The molecule has 0 radical (unpaired) electrons. The molecule has 0 amide bonds. The van der Waals surface area contributed by atoms with Gasteiger partial charge in [-0.15, -0.1) is 0 Å². The van der Waals surface area contributed by atoms with E-state index < -0.39 is 0 Å². The molecule has 0 aromatic heterocycles. The number of carbonyl (C=O) groups is 1. The van der Waals surface area contributed by atoms with Gasteiger partial charge in [-0.05, 0) is 19.8 Å². The molecule has 0 bridgehead atoms. The van der Waals surface area contributed by atoms with Gasteiger partial charge >= 0.3 is 5.97 Å². The highest BCUT2D eigenvalue weighted by Gasteiger charge is 2.12. The Morgan fingerprint density at radius 3 is 3.12 bits per heavy atom. The molecule has 1 N–H and O–H groups in total. The van der Waals surface area contributed by atoms with Gasteiger partial charge in [-0.2, -0.15) is 0 Å². The Morgan fingerprint density at radius 2 is 2.44 bits per heavy atom. The zero-order valence-corrected chi connectivity index (χ0v) is 9.87. The van der Waals surface area contributed by atoms with E-state index in [0.717, 1.165) is 32.6 Å². The molecule has 0 aliphatic carbocycles. The predicted octanol–water partition coefficient (Wildman–Crippen LogP) is 0.335. The van der Waals surface area contributed by atoms with Crippen molar-refractivity contribution in [2.45, 2.75) is 25.8 Å². The van der Waals surface area contributed by atoms with Crippen LogP contribution in [0.4, 0.5) is 0 Å². The van der Waals surface area contributed by atoms with Gasteiger partial charge in [0.05, 0.1) is 19.8 Å². The minimum Gasteiger partial charge on any atom is -0.464 e. The number of ether oxygens (including phenoxy) is 3. The fourth-order valence-corrected chi connectivity index (χ4v) is 1.60. The minimum atomic E-state index is -0.302. The van der Waals surface area contributed by atoms with E-state index in [0.29, 0.717) is 19.3 Å². The van der Waals surface area contributed by atoms with Crippen LogP contribution in [-0.4, -0.2) is 51.6 Å². The van der Waals surface area contributed by atoms with Gasteiger partial charge in [-0.25, -0.2) is 4.79 Å². The summed E-state index contributed by atoms with van der Waals surface area (Å²) >= 11 is 0. The summed E-state index contributed by atoms with van der Waals surface area (Å²) in [4.78, 5) is 10.9. The van der Waals surface area contributed by atoms with Crippen LogP contribution in [0, 0.1) is 0 Å². The second-order valence-electron chi connectivity index (χ2n) is 3.73. The number of esters is 1. The second-order valence-corrected chi connectivity index (χ2v) is 3.73. The molecule has 1 saturated heterocycles. The predicted molar refractivity (Wildman–Crippen MR) is 59.3 cm³/mol. The van der Waals surface area contributed by atoms with Gasteiger partial charge in [0.1, 0.15) is 6.61 Å².